The molecule has 2 bridgehead atoms. The molecule has 2 aromatic rings. The number of anilines is 1. The summed E-state index contributed by atoms with van der Waals surface area (Å²) in [6.45, 7) is 3.20. The molecule has 6 heteroatoms. The molecule has 0 aliphatic carbocycles. The van der Waals surface area contributed by atoms with E-state index in [1.54, 1.807) is 11.3 Å². The standard InChI is InChI=1S/C20H26N4OS/c25-12-14-2-1-6-23(10-14)20-21-9-17-18(22-20)8-16-3-4-19(17)24(16)11-15-5-7-26-13-15/h5,7,9,13-14,16,19,25H,1-4,6,8,10-12H2. The Morgan fingerprint density at radius 1 is 1.27 bits per heavy atom. The van der Waals surface area contributed by atoms with Crippen molar-refractivity contribution in [2.45, 2.75) is 50.7 Å². The van der Waals surface area contributed by atoms with E-state index in [-0.39, 0.29) is 6.61 Å². The van der Waals surface area contributed by atoms with Gasteiger partial charge in [0.2, 0.25) is 5.95 Å². The zero-order valence-electron chi connectivity index (χ0n) is 15.0. The van der Waals surface area contributed by atoms with Crippen molar-refractivity contribution in [3.8, 4) is 0 Å². The molecular formula is C20H26N4OS. The van der Waals surface area contributed by atoms with E-state index in [0.717, 1.165) is 44.8 Å². The molecule has 138 valence electrons. The van der Waals surface area contributed by atoms with Crippen LogP contribution in [0.15, 0.2) is 23.0 Å². The van der Waals surface area contributed by atoms with Gasteiger partial charge in [0.1, 0.15) is 0 Å². The van der Waals surface area contributed by atoms with Crippen molar-refractivity contribution >= 4 is 17.3 Å². The Hall–Kier alpha value is -1.50. The molecule has 3 aliphatic heterocycles. The number of piperidine rings is 1. The van der Waals surface area contributed by atoms with Crippen LogP contribution in [-0.2, 0) is 13.0 Å². The number of fused-ring (bicyclic) bond motifs is 4. The third-order valence-corrected chi connectivity index (χ3v) is 7.06. The average Bonchev–Trinajstić information content (AvgIpc) is 3.29. The van der Waals surface area contributed by atoms with E-state index in [0.29, 0.717) is 18.0 Å². The maximum atomic E-state index is 9.49. The Bertz CT molecular complexity index is 765. The number of rotatable bonds is 4. The molecule has 3 unspecified atom stereocenters. The minimum atomic E-state index is 0.267. The largest absolute Gasteiger partial charge is 0.396 e. The fourth-order valence-corrected chi connectivity index (χ4v) is 5.61. The van der Waals surface area contributed by atoms with E-state index in [2.05, 4.69) is 32.8 Å². The second-order valence-electron chi connectivity index (χ2n) is 7.96. The Morgan fingerprint density at radius 2 is 2.23 bits per heavy atom. The maximum absolute atomic E-state index is 9.49. The van der Waals surface area contributed by atoms with Crippen LogP contribution in [0.1, 0.15) is 48.5 Å². The predicted molar refractivity (Wildman–Crippen MR) is 103 cm³/mol. The van der Waals surface area contributed by atoms with Crippen LogP contribution in [0, 0.1) is 5.92 Å². The molecule has 26 heavy (non-hydrogen) atoms. The molecule has 2 fully saturated rings. The molecule has 0 aromatic carbocycles. The number of hydrogen-bond acceptors (Lipinski definition) is 6. The van der Waals surface area contributed by atoms with Crippen LogP contribution in [0.4, 0.5) is 5.95 Å². The van der Waals surface area contributed by atoms with Crippen molar-refractivity contribution in [2.24, 2.45) is 5.92 Å². The molecule has 2 saturated heterocycles. The number of hydrogen-bond donors (Lipinski definition) is 1. The second-order valence-corrected chi connectivity index (χ2v) is 8.74. The first-order chi connectivity index (χ1) is 12.8. The number of aliphatic hydroxyl groups is 1. The molecule has 0 saturated carbocycles. The Labute approximate surface area is 158 Å². The van der Waals surface area contributed by atoms with Gasteiger partial charge in [-0.15, -0.1) is 0 Å². The van der Waals surface area contributed by atoms with Crippen LogP contribution in [0.25, 0.3) is 0 Å². The lowest BCUT2D eigenvalue weighted by atomic mass is 9.98. The first-order valence-electron chi connectivity index (χ1n) is 9.80. The first kappa shape index (κ1) is 16.7. The smallest absolute Gasteiger partial charge is 0.225 e. The van der Waals surface area contributed by atoms with E-state index in [1.165, 1.54) is 29.7 Å². The topological polar surface area (TPSA) is 52.5 Å². The van der Waals surface area contributed by atoms with Gasteiger partial charge in [-0.05, 0) is 54.0 Å². The molecule has 5 nitrogen and oxygen atoms in total. The fraction of sp³-hybridized carbons (Fsp3) is 0.600. The molecular weight excluding hydrogens is 344 g/mol. The summed E-state index contributed by atoms with van der Waals surface area (Å²) in [6.07, 6.45) is 7.85. The van der Waals surface area contributed by atoms with Crippen LogP contribution in [-0.4, -0.2) is 45.7 Å². The van der Waals surface area contributed by atoms with Crippen LogP contribution in [0.5, 0.6) is 0 Å². The zero-order chi connectivity index (χ0) is 17.5. The number of aromatic nitrogens is 2. The van der Waals surface area contributed by atoms with Crippen molar-refractivity contribution in [1.29, 1.82) is 0 Å². The third-order valence-electron chi connectivity index (χ3n) is 6.32. The molecule has 3 aliphatic rings. The van der Waals surface area contributed by atoms with Crippen LogP contribution >= 0.6 is 11.3 Å². The SMILES string of the molecule is OCC1CCCN(c2ncc3c(n2)CC2CCC3N2Cc2ccsc2)C1. The highest BCUT2D eigenvalue weighted by Gasteiger charge is 2.41. The van der Waals surface area contributed by atoms with Gasteiger partial charge < -0.3 is 10.0 Å². The highest BCUT2D eigenvalue weighted by Crippen LogP contribution is 2.44. The molecule has 2 aromatic heterocycles. The molecule has 1 N–H and O–H groups in total. The summed E-state index contributed by atoms with van der Waals surface area (Å²) in [5, 5.41) is 13.9. The predicted octanol–water partition coefficient (Wildman–Crippen LogP) is 3.01. The van der Waals surface area contributed by atoms with Gasteiger partial charge in [0.25, 0.3) is 0 Å². The molecule has 0 spiro atoms. The van der Waals surface area contributed by atoms with Gasteiger partial charge in [0, 0.05) is 56.5 Å². The Balaban J connectivity index is 1.38. The summed E-state index contributed by atoms with van der Waals surface area (Å²) >= 11 is 1.78. The summed E-state index contributed by atoms with van der Waals surface area (Å²) in [5.41, 5.74) is 4.03. The van der Waals surface area contributed by atoms with Gasteiger partial charge in [0.05, 0.1) is 5.69 Å². The normalized spacial score (nSPS) is 28.3. The molecule has 0 radical (unpaired) electrons. The molecule has 3 atom stereocenters. The van der Waals surface area contributed by atoms with Gasteiger partial charge in [-0.2, -0.15) is 11.3 Å². The minimum absolute atomic E-state index is 0.267. The van der Waals surface area contributed by atoms with Gasteiger partial charge >= 0.3 is 0 Å². The first-order valence-corrected chi connectivity index (χ1v) is 10.7. The van der Waals surface area contributed by atoms with Gasteiger partial charge in [-0.25, -0.2) is 9.97 Å². The van der Waals surface area contributed by atoms with Crippen molar-refractivity contribution in [1.82, 2.24) is 14.9 Å². The minimum Gasteiger partial charge on any atom is -0.396 e. The second kappa shape index (κ2) is 6.91. The Kier molecular flexibility index (Phi) is 4.43. The van der Waals surface area contributed by atoms with Crippen LogP contribution in [0.3, 0.4) is 0 Å². The maximum Gasteiger partial charge on any atom is 0.225 e. The van der Waals surface area contributed by atoms with Gasteiger partial charge in [-0.3, -0.25) is 4.90 Å². The summed E-state index contributed by atoms with van der Waals surface area (Å²) in [4.78, 5) is 14.7. The molecule has 0 amide bonds. The van der Waals surface area contributed by atoms with E-state index in [9.17, 15) is 5.11 Å². The van der Waals surface area contributed by atoms with Crippen molar-refractivity contribution < 1.29 is 5.11 Å². The van der Waals surface area contributed by atoms with Crippen molar-refractivity contribution in [3.05, 3.63) is 39.8 Å². The fourth-order valence-electron chi connectivity index (χ4n) is 4.95. The lowest BCUT2D eigenvalue weighted by Gasteiger charge is -2.36. The summed E-state index contributed by atoms with van der Waals surface area (Å²) in [6, 6.07) is 3.33. The van der Waals surface area contributed by atoms with E-state index < -0.39 is 0 Å². The van der Waals surface area contributed by atoms with Crippen molar-refractivity contribution in [2.75, 3.05) is 24.6 Å². The summed E-state index contributed by atoms with van der Waals surface area (Å²) < 4.78 is 0. The summed E-state index contributed by atoms with van der Waals surface area (Å²) in [7, 11) is 0. The van der Waals surface area contributed by atoms with Gasteiger partial charge in [-0.1, -0.05) is 0 Å². The van der Waals surface area contributed by atoms with E-state index in [4.69, 9.17) is 9.97 Å². The monoisotopic (exact) mass is 370 g/mol. The zero-order valence-corrected chi connectivity index (χ0v) is 15.9. The van der Waals surface area contributed by atoms with Crippen molar-refractivity contribution in [3.63, 3.8) is 0 Å². The summed E-state index contributed by atoms with van der Waals surface area (Å²) in [5.74, 6) is 1.23. The highest BCUT2D eigenvalue weighted by atomic mass is 32.1. The van der Waals surface area contributed by atoms with Gasteiger partial charge in [0.15, 0.2) is 0 Å². The third kappa shape index (κ3) is 2.94. The average molecular weight is 371 g/mol. The van der Waals surface area contributed by atoms with E-state index >= 15 is 0 Å². The highest BCUT2D eigenvalue weighted by molar-refractivity contribution is 7.07. The molecule has 5 heterocycles. The Morgan fingerprint density at radius 3 is 3.08 bits per heavy atom. The lowest BCUT2D eigenvalue weighted by molar-refractivity contribution is 0.166. The number of thiophene rings is 1. The molecule has 5 rings (SSSR count). The number of nitrogens with zero attached hydrogens (tertiary/aromatic N) is 4. The van der Waals surface area contributed by atoms with Crippen LogP contribution < -0.4 is 4.90 Å². The number of aliphatic hydroxyl groups excluding tert-OH is 1. The van der Waals surface area contributed by atoms with E-state index in [1.807, 2.05) is 0 Å². The quantitative estimate of drug-likeness (QED) is 0.897. The van der Waals surface area contributed by atoms with Crippen LogP contribution in [0.2, 0.25) is 0 Å². The lowest BCUT2D eigenvalue weighted by Crippen LogP contribution is -2.40.